The van der Waals surface area contributed by atoms with E-state index in [1.54, 1.807) is 0 Å². The van der Waals surface area contributed by atoms with Crippen molar-refractivity contribution in [2.24, 2.45) is 5.73 Å². The summed E-state index contributed by atoms with van der Waals surface area (Å²) in [5.74, 6) is 0. The molecule has 0 bridgehead atoms. The molecule has 5 aromatic rings. The summed E-state index contributed by atoms with van der Waals surface area (Å²) in [7, 11) is 0. The van der Waals surface area contributed by atoms with Gasteiger partial charge in [-0.25, -0.2) is 0 Å². The zero-order valence-electron chi connectivity index (χ0n) is 18.5. The predicted octanol–water partition coefficient (Wildman–Crippen LogP) is 8.40. The van der Waals surface area contributed by atoms with E-state index >= 15 is 0 Å². The van der Waals surface area contributed by atoms with Crippen molar-refractivity contribution < 1.29 is 0 Å². The Morgan fingerprint density at radius 1 is 0.788 bits per heavy atom. The second-order valence-corrected chi connectivity index (χ2v) is 8.63. The molecule has 2 N–H and O–H groups in total. The van der Waals surface area contributed by atoms with Crippen LogP contribution in [-0.4, -0.2) is 0 Å². The van der Waals surface area contributed by atoms with Gasteiger partial charge in [0.25, 0.3) is 0 Å². The average molecular weight is 445 g/mol. The van der Waals surface area contributed by atoms with Gasteiger partial charge in [-0.05, 0) is 70.6 Å². The summed E-state index contributed by atoms with van der Waals surface area (Å²) in [6.07, 6.45) is 5.27. The van der Waals surface area contributed by atoms with Gasteiger partial charge in [-0.3, -0.25) is 0 Å². The number of allylic oxidation sites excluding steroid dienone is 3. The average Bonchev–Trinajstić information content (AvgIpc) is 3.23. The maximum absolute atomic E-state index is 7.10. The SMILES string of the molecule is C=C/C(=C\C)c1cccc(-c2ccc3sc4ccc(-c5ccccc5)cc4c3c2)c1.N#CN. The molecule has 0 unspecified atom stereocenters. The molecule has 0 aliphatic rings. The van der Waals surface area contributed by atoms with E-state index in [0.29, 0.717) is 0 Å². The van der Waals surface area contributed by atoms with Gasteiger partial charge in [0.15, 0.2) is 6.19 Å². The number of hydrogen-bond acceptors (Lipinski definition) is 3. The van der Waals surface area contributed by atoms with Crippen LogP contribution in [0.15, 0.2) is 110 Å². The first kappa shape index (κ1) is 22.1. The number of thiophene rings is 1. The van der Waals surface area contributed by atoms with Crippen LogP contribution < -0.4 is 5.73 Å². The van der Waals surface area contributed by atoms with Crippen molar-refractivity contribution in [1.29, 1.82) is 5.26 Å². The fraction of sp³-hybridized carbons (Fsp3) is 0.0333. The van der Waals surface area contributed by atoms with Crippen molar-refractivity contribution in [3.05, 3.63) is 115 Å². The van der Waals surface area contributed by atoms with Crippen LogP contribution in [0.4, 0.5) is 0 Å². The van der Waals surface area contributed by atoms with E-state index in [9.17, 15) is 0 Å². The molecule has 0 aliphatic carbocycles. The molecule has 1 aromatic heterocycles. The van der Waals surface area contributed by atoms with Crippen LogP contribution in [0.3, 0.4) is 0 Å². The molecule has 0 spiro atoms. The number of benzene rings is 4. The lowest BCUT2D eigenvalue weighted by Crippen LogP contribution is -1.83. The fourth-order valence-corrected chi connectivity index (χ4v) is 5.11. The van der Waals surface area contributed by atoms with Gasteiger partial charge in [-0.15, -0.1) is 11.3 Å². The van der Waals surface area contributed by atoms with E-state index < -0.39 is 0 Å². The first-order chi connectivity index (χ1) is 16.2. The van der Waals surface area contributed by atoms with Gasteiger partial charge in [0.1, 0.15) is 0 Å². The van der Waals surface area contributed by atoms with Gasteiger partial charge in [0, 0.05) is 20.2 Å². The molecule has 160 valence electrons. The maximum atomic E-state index is 7.10. The van der Waals surface area contributed by atoms with Crippen LogP contribution in [-0.2, 0) is 0 Å². The monoisotopic (exact) mass is 444 g/mol. The van der Waals surface area contributed by atoms with Crippen LogP contribution >= 0.6 is 11.3 Å². The standard InChI is InChI=1S/C29H22S.CH2N2/c1-3-20(4-2)22-11-8-12-23(17-22)25-14-16-29-27(19-25)26-18-24(13-15-28(26)30-29)21-9-6-5-7-10-21;2-1-3/h3-19H,1H2,2H3;2H2/b20-4+;. The Kier molecular flexibility index (Phi) is 6.69. The third-order valence-corrected chi connectivity index (χ3v) is 6.79. The van der Waals surface area contributed by atoms with E-state index in [-0.39, 0.29) is 0 Å². The molecule has 0 aliphatic heterocycles. The number of hydrogen-bond donors (Lipinski definition) is 1. The van der Waals surface area contributed by atoms with Gasteiger partial charge in [0.2, 0.25) is 0 Å². The summed E-state index contributed by atoms with van der Waals surface area (Å²) in [6.45, 7) is 6.00. The van der Waals surface area contributed by atoms with Crippen LogP contribution in [0.25, 0.3) is 48.0 Å². The second-order valence-electron chi connectivity index (χ2n) is 7.55. The highest BCUT2D eigenvalue weighted by Crippen LogP contribution is 2.38. The third-order valence-electron chi connectivity index (χ3n) is 5.64. The topological polar surface area (TPSA) is 49.8 Å². The highest BCUT2D eigenvalue weighted by Gasteiger charge is 2.09. The molecular formula is C30H24N2S. The van der Waals surface area contributed by atoms with E-state index in [1.165, 1.54) is 54.2 Å². The Hall–Kier alpha value is -4.13. The second kappa shape index (κ2) is 9.99. The maximum Gasteiger partial charge on any atom is 0.173 e. The molecule has 1 heterocycles. The lowest BCUT2D eigenvalue weighted by molar-refractivity contribution is 1.45. The first-order valence-corrected chi connectivity index (χ1v) is 11.5. The summed E-state index contributed by atoms with van der Waals surface area (Å²) < 4.78 is 2.66. The van der Waals surface area contributed by atoms with Crippen molar-refractivity contribution in [2.75, 3.05) is 0 Å². The summed E-state index contributed by atoms with van der Waals surface area (Å²) in [6, 6.07) is 33.0. The summed E-state index contributed by atoms with van der Waals surface area (Å²) in [4.78, 5) is 0. The molecule has 5 rings (SSSR count). The minimum absolute atomic E-state index is 1.16. The Morgan fingerprint density at radius 3 is 1.91 bits per heavy atom. The van der Waals surface area contributed by atoms with E-state index in [1.807, 2.05) is 17.4 Å². The van der Waals surface area contributed by atoms with E-state index in [0.717, 1.165) is 5.57 Å². The molecular weight excluding hydrogens is 420 g/mol. The zero-order chi connectivity index (χ0) is 23.2. The zero-order valence-corrected chi connectivity index (χ0v) is 19.3. The molecule has 0 fully saturated rings. The Labute approximate surface area is 198 Å². The lowest BCUT2D eigenvalue weighted by atomic mass is 9.97. The molecule has 0 saturated carbocycles. The summed E-state index contributed by atoms with van der Waals surface area (Å²) in [5, 5.41) is 9.75. The number of nitriles is 1. The molecule has 0 radical (unpaired) electrons. The van der Waals surface area contributed by atoms with E-state index in [2.05, 4.69) is 116 Å². The smallest absolute Gasteiger partial charge is 0.173 e. The number of nitrogens with zero attached hydrogens (tertiary/aromatic N) is 1. The Morgan fingerprint density at radius 2 is 1.33 bits per heavy atom. The van der Waals surface area contributed by atoms with Crippen LogP contribution in [0.5, 0.6) is 0 Å². The highest BCUT2D eigenvalue weighted by molar-refractivity contribution is 7.25. The first-order valence-electron chi connectivity index (χ1n) is 10.7. The van der Waals surface area contributed by atoms with Crippen LogP contribution in [0.1, 0.15) is 12.5 Å². The van der Waals surface area contributed by atoms with Crippen LogP contribution in [0.2, 0.25) is 0 Å². The minimum atomic E-state index is 1.16. The summed E-state index contributed by atoms with van der Waals surface area (Å²) in [5.41, 5.74) is 11.5. The number of fused-ring (bicyclic) bond motifs is 3. The van der Waals surface area contributed by atoms with Gasteiger partial charge in [-0.2, -0.15) is 5.26 Å². The Bertz CT molecular complexity index is 1500. The summed E-state index contributed by atoms with van der Waals surface area (Å²) >= 11 is 1.86. The minimum Gasteiger partial charge on any atom is -0.337 e. The fourth-order valence-electron chi connectivity index (χ4n) is 4.05. The van der Waals surface area contributed by atoms with Gasteiger partial charge in [-0.1, -0.05) is 79.4 Å². The molecule has 0 saturated heterocycles. The molecule has 0 atom stereocenters. The predicted molar refractivity (Wildman–Crippen MR) is 144 cm³/mol. The molecule has 2 nitrogen and oxygen atoms in total. The largest absolute Gasteiger partial charge is 0.337 e. The lowest BCUT2D eigenvalue weighted by Gasteiger charge is -2.07. The molecule has 0 amide bonds. The third kappa shape index (κ3) is 4.57. The van der Waals surface area contributed by atoms with E-state index in [4.69, 9.17) is 5.26 Å². The number of nitrogens with two attached hydrogens (primary N) is 1. The van der Waals surface area contributed by atoms with Gasteiger partial charge >= 0.3 is 0 Å². The quantitative estimate of drug-likeness (QED) is 0.172. The number of rotatable bonds is 4. The Balaban J connectivity index is 0.000000821. The van der Waals surface area contributed by atoms with Crippen molar-refractivity contribution in [1.82, 2.24) is 0 Å². The van der Waals surface area contributed by atoms with Crippen molar-refractivity contribution in [2.45, 2.75) is 6.92 Å². The van der Waals surface area contributed by atoms with Gasteiger partial charge in [0.05, 0.1) is 0 Å². The van der Waals surface area contributed by atoms with Gasteiger partial charge < -0.3 is 5.73 Å². The van der Waals surface area contributed by atoms with Crippen molar-refractivity contribution in [3.8, 4) is 28.4 Å². The van der Waals surface area contributed by atoms with Crippen molar-refractivity contribution in [3.63, 3.8) is 0 Å². The molecule has 3 heteroatoms. The van der Waals surface area contributed by atoms with Crippen LogP contribution in [0, 0.1) is 11.5 Å². The molecule has 4 aromatic carbocycles. The van der Waals surface area contributed by atoms with Crippen molar-refractivity contribution >= 4 is 37.1 Å². The normalized spacial score (nSPS) is 11.0. The highest BCUT2D eigenvalue weighted by atomic mass is 32.1. The molecule has 33 heavy (non-hydrogen) atoms.